The smallest absolute Gasteiger partial charge is 0.326 e. The van der Waals surface area contributed by atoms with E-state index in [-0.39, 0.29) is 12.4 Å². The van der Waals surface area contributed by atoms with Crippen LogP contribution in [-0.2, 0) is 24.7 Å². The zero-order valence-electron chi connectivity index (χ0n) is 10.7. The van der Waals surface area contributed by atoms with Gasteiger partial charge in [0.25, 0.3) is 10.1 Å². The summed E-state index contributed by atoms with van der Waals surface area (Å²) in [5.41, 5.74) is 0. The van der Waals surface area contributed by atoms with Gasteiger partial charge in [0.2, 0.25) is 0 Å². The highest BCUT2D eigenvalue weighted by Gasteiger charge is 2.17. The molecule has 0 aliphatic heterocycles. The lowest BCUT2D eigenvalue weighted by Crippen LogP contribution is -2.43. The maximum absolute atomic E-state index is 10.7. The average Bonchev–Trinajstić information content (AvgIpc) is 2.21. The van der Waals surface area contributed by atoms with Crippen LogP contribution >= 0.6 is 0 Å². The van der Waals surface area contributed by atoms with Crippen LogP contribution in [0.15, 0.2) is 12.7 Å². The first-order valence-electron chi connectivity index (χ1n) is 5.39. The summed E-state index contributed by atoms with van der Waals surface area (Å²) < 4.78 is 30.2. The molecule has 0 saturated carbocycles. The number of nitrogens with zero attached hydrogens (tertiary/aromatic N) is 1. The van der Waals surface area contributed by atoms with Crippen LogP contribution in [0.5, 0.6) is 0 Å². The van der Waals surface area contributed by atoms with E-state index in [1.54, 1.807) is 0 Å². The number of quaternary nitrogens is 1. The second kappa shape index (κ2) is 7.47. The van der Waals surface area contributed by atoms with Crippen molar-refractivity contribution < 1.29 is 32.0 Å². The van der Waals surface area contributed by atoms with E-state index >= 15 is 0 Å². The Kier molecular flexibility index (Phi) is 7.07. The summed E-state index contributed by atoms with van der Waals surface area (Å²) in [6.07, 6.45) is 1.34. The summed E-state index contributed by atoms with van der Waals surface area (Å²) in [4.78, 5) is 19.7. The molecule has 0 fully saturated rings. The Balaban J connectivity index is 3.80. The third kappa shape index (κ3) is 10.2. The van der Waals surface area contributed by atoms with Gasteiger partial charge in [-0.1, -0.05) is 6.58 Å². The molecule has 0 rings (SSSR count). The highest BCUT2D eigenvalue weighted by molar-refractivity contribution is 7.85. The van der Waals surface area contributed by atoms with E-state index in [4.69, 9.17) is 4.55 Å². The molecule has 0 amide bonds. The van der Waals surface area contributed by atoms with Gasteiger partial charge in [0.15, 0.2) is 0 Å². The molecule has 0 unspecified atom stereocenters. The molecule has 8 heteroatoms. The van der Waals surface area contributed by atoms with Crippen LogP contribution in [0.2, 0.25) is 0 Å². The Morgan fingerprint density at radius 3 is 2.50 bits per heavy atom. The Morgan fingerprint density at radius 1 is 1.39 bits per heavy atom. The van der Waals surface area contributed by atoms with Crippen LogP contribution < -0.4 is 0 Å². The van der Waals surface area contributed by atoms with E-state index in [2.05, 4.69) is 16.4 Å². The lowest BCUT2D eigenvalue weighted by atomic mass is 10.4. The van der Waals surface area contributed by atoms with Crippen LogP contribution in [0.25, 0.3) is 0 Å². The summed E-state index contributed by atoms with van der Waals surface area (Å²) in [5, 5.41) is 0. The number of carbonyl (C=O) groups excluding carboxylic acids is 1. The summed E-state index contributed by atoms with van der Waals surface area (Å²) in [5.74, 6) is -0.923. The van der Waals surface area contributed by atoms with Gasteiger partial charge in [-0.3, -0.25) is 9.44 Å². The monoisotopic (exact) mass is 282 g/mol. The van der Waals surface area contributed by atoms with Crippen molar-refractivity contribution in [1.29, 1.82) is 0 Å². The van der Waals surface area contributed by atoms with Gasteiger partial charge in [0, 0.05) is 12.5 Å². The normalized spacial score (nSPS) is 12.2. The molecule has 0 aromatic heterocycles. The molecule has 0 radical (unpaired) electrons. The predicted octanol–water partition coefficient (Wildman–Crippen LogP) is 0.00150. The topological polar surface area (TPSA) is 89.9 Å². The van der Waals surface area contributed by atoms with Gasteiger partial charge < -0.3 is 4.48 Å². The van der Waals surface area contributed by atoms with Gasteiger partial charge in [-0.25, -0.2) is 4.79 Å². The Bertz CT molecular complexity index is 376. The Morgan fingerprint density at radius 2 is 2.00 bits per heavy atom. The number of rotatable bonds is 9. The largest absolute Gasteiger partial charge is 0.365 e. The number of likely N-dealkylation sites (N-methyl/N-ethyl adjacent to an activating group) is 1. The van der Waals surface area contributed by atoms with Gasteiger partial charge in [-0.05, 0) is 0 Å². The molecule has 0 spiro atoms. The van der Waals surface area contributed by atoms with E-state index < -0.39 is 16.1 Å². The first-order chi connectivity index (χ1) is 8.16. The zero-order valence-corrected chi connectivity index (χ0v) is 11.5. The summed E-state index contributed by atoms with van der Waals surface area (Å²) in [6.45, 7) is 4.50. The van der Waals surface area contributed by atoms with Gasteiger partial charge >= 0.3 is 5.97 Å². The SMILES string of the molecule is C=CC(=O)OOCC[N+](C)(C)CCCS(=O)(=O)O. The molecule has 0 aliphatic carbocycles. The summed E-state index contributed by atoms with van der Waals surface area (Å²) in [7, 11) is -0.153. The first-order valence-corrected chi connectivity index (χ1v) is 7.00. The van der Waals surface area contributed by atoms with E-state index in [0.29, 0.717) is 24.0 Å². The van der Waals surface area contributed by atoms with Crippen molar-refractivity contribution in [3.05, 3.63) is 12.7 Å². The molecular formula is C10H20NO6S+. The van der Waals surface area contributed by atoms with Crippen molar-refractivity contribution in [1.82, 2.24) is 0 Å². The van der Waals surface area contributed by atoms with Gasteiger partial charge in [-0.2, -0.15) is 13.3 Å². The quantitative estimate of drug-likeness (QED) is 0.160. The summed E-state index contributed by atoms with van der Waals surface area (Å²) >= 11 is 0. The lowest BCUT2D eigenvalue weighted by molar-refractivity contribution is -0.891. The van der Waals surface area contributed by atoms with E-state index in [1.165, 1.54) is 0 Å². The molecule has 0 saturated heterocycles. The van der Waals surface area contributed by atoms with Crippen LogP contribution in [0.1, 0.15) is 6.42 Å². The molecule has 0 aliphatic rings. The number of hydrogen-bond acceptors (Lipinski definition) is 5. The summed E-state index contributed by atoms with van der Waals surface area (Å²) in [6, 6.07) is 0. The molecule has 1 N–H and O–H groups in total. The molecule has 0 heterocycles. The van der Waals surface area contributed by atoms with Gasteiger partial charge in [0.05, 0.1) is 26.4 Å². The van der Waals surface area contributed by atoms with Crippen molar-refractivity contribution in [2.45, 2.75) is 6.42 Å². The molecule has 18 heavy (non-hydrogen) atoms. The molecule has 0 aromatic rings. The molecule has 0 atom stereocenters. The van der Waals surface area contributed by atoms with Gasteiger partial charge in [0.1, 0.15) is 13.2 Å². The van der Waals surface area contributed by atoms with Crippen molar-refractivity contribution in [2.75, 3.05) is 39.5 Å². The van der Waals surface area contributed by atoms with E-state index in [9.17, 15) is 13.2 Å². The Labute approximate surface area is 107 Å². The highest BCUT2D eigenvalue weighted by Crippen LogP contribution is 2.01. The molecule has 0 bridgehead atoms. The van der Waals surface area contributed by atoms with Crippen molar-refractivity contribution >= 4 is 16.1 Å². The number of carbonyl (C=O) groups is 1. The molecule has 106 valence electrons. The van der Waals surface area contributed by atoms with E-state index in [0.717, 1.165) is 6.08 Å². The van der Waals surface area contributed by atoms with Crippen molar-refractivity contribution in [3.8, 4) is 0 Å². The molecular weight excluding hydrogens is 262 g/mol. The average molecular weight is 282 g/mol. The maximum atomic E-state index is 10.7. The second-order valence-electron chi connectivity index (χ2n) is 4.45. The van der Waals surface area contributed by atoms with Crippen LogP contribution in [0, 0.1) is 0 Å². The minimum Gasteiger partial charge on any atom is -0.326 e. The Hall–Kier alpha value is -0.960. The lowest BCUT2D eigenvalue weighted by Gasteiger charge is -2.29. The number of hydrogen-bond donors (Lipinski definition) is 1. The minimum atomic E-state index is -3.91. The first kappa shape index (κ1) is 17.0. The maximum Gasteiger partial charge on any atom is 0.365 e. The fourth-order valence-electron chi connectivity index (χ4n) is 1.20. The highest BCUT2D eigenvalue weighted by atomic mass is 32.2. The molecule has 7 nitrogen and oxygen atoms in total. The fourth-order valence-corrected chi connectivity index (χ4v) is 1.70. The predicted molar refractivity (Wildman–Crippen MR) is 65.1 cm³/mol. The van der Waals surface area contributed by atoms with Crippen LogP contribution in [-0.4, -0.2) is 63.0 Å². The third-order valence-corrected chi connectivity index (χ3v) is 3.06. The third-order valence-electron chi connectivity index (χ3n) is 2.25. The van der Waals surface area contributed by atoms with Crippen LogP contribution in [0.4, 0.5) is 0 Å². The van der Waals surface area contributed by atoms with Crippen LogP contribution in [0.3, 0.4) is 0 Å². The standard InChI is InChI=1S/C10H19NO6S/c1-4-10(12)17-16-8-7-11(2,3)6-5-9-18(13,14)15/h4H,1,5-9H2,2-3H3/p+1. The van der Waals surface area contributed by atoms with Gasteiger partial charge in [-0.15, -0.1) is 0 Å². The van der Waals surface area contributed by atoms with Crippen molar-refractivity contribution in [2.24, 2.45) is 0 Å². The minimum absolute atomic E-state index is 0.193. The van der Waals surface area contributed by atoms with Crippen molar-refractivity contribution in [3.63, 3.8) is 0 Å². The molecule has 0 aromatic carbocycles. The van der Waals surface area contributed by atoms with E-state index in [1.807, 2.05) is 14.1 Å². The second-order valence-corrected chi connectivity index (χ2v) is 6.02. The zero-order chi connectivity index (χ0) is 14.2. The fraction of sp³-hybridized carbons (Fsp3) is 0.700.